The fourth-order valence-electron chi connectivity index (χ4n) is 0.969. The molecule has 0 spiro atoms. The maximum Gasteiger partial charge on any atom is 0.323 e. The quantitative estimate of drug-likeness (QED) is 0.567. The summed E-state index contributed by atoms with van der Waals surface area (Å²) in [5, 5.41) is 10.9. The van der Waals surface area contributed by atoms with Crippen LogP contribution >= 0.6 is 0 Å². The van der Waals surface area contributed by atoms with E-state index in [0.717, 1.165) is 4.90 Å². The summed E-state index contributed by atoms with van der Waals surface area (Å²) in [7, 11) is 1.46. The van der Waals surface area contributed by atoms with Crippen LogP contribution in [0.4, 0.5) is 0 Å². The second-order valence-corrected chi connectivity index (χ2v) is 3.11. The van der Waals surface area contributed by atoms with Crippen LogP contribution in [0.25, 0.3) is 0 Å². The molecule has 0 saturated carbocycles. The molecular formula is C9H16N2O5. The standard InChI is InChI=1S/C9H16N2O5/c1-7(12)10-5-8(13)11(3-4-16-2)6-9(14)15/h3-6H2,1-2H3,(H,10,12)(H,14,15). The highest BCUT2D eigenvalue weighted by Crippen LogP contribution is 1.90. The first-order valence-corrected chi connectivity index (χ1v) is 4.70. The Morgan fingerprint density at radius 1 is 1.38 bits per heavy atom. The lowest BCUT2D eigenvalue weighted by atomic mass is 10.4. The minimum Gasteiger partial charge on any atom is -0.480 e. The lowest BCUT2D eigenvalue weighted by Gasteiger charge is -2.20. The van der Waals surface area contributed by atoms with Gasteiger partial charge >= 0.3 is 5.97 Å². The molecule has 2 N–H and O–H groups in total. The summed E-state index contributed by atoms with van der Waals surface area (Å²) in [5.41, 5.74) is 0. The maximum atomic E-state index is 11.5. The summed E-state index contributed by atoms with van der Waals surface area (Å²) in [4.78, 5) is 33.7. The van der Waals surface area contributed by atoms with Gasteiger partial charge in [-0.05, 0) is 0 Å². The van der Waals surface area contributed by atoms with Crippen LogP contribution in [0.5, 0.6) is 0 Å². The van der Waals surface area contributed by atoms with Crippen molar-refractivity contribution in [3.8, 4) is 0 Å². The molecule has 0 aromatic heterocycles. The molecule has 7 heteroatoms. The molecule has 0 radical (unpaired) electrons. The van der Waals surface area contributed by atoms with Gasteiger partial charge < -0.3 is 20.1 Å². The van der Waals surface area contributed by atoms with Crippen LogP contribution < -0.4 is 5.32 Å². The van der Waals surface area contributed by atoms with Crippen molar-refractivity contribution in [1.29, 1.82) is 0 Å². The molecule has 2 amide bonds. The summed E-state index contributed by atoms with van der Waals surface area (Å²) in [6.07, 6.45) is 0. The Morgan fingerprint density at radius 2 is 2.00 bits per heavy atom. The normalized spacial score (nSPS) is 9.62. The van der Waals surface area contributed by atoms with Gasteiger partial charge in [-0.3, -0.25) is 14.4 Å². The molecule has 7 nitrogen and oxygen atoms in total. The molecule has 0 aromatic rings. The maximum absolute atomic E-state index is 11.5. The number of ether oxygens (including phenoxy) is 1. The van der Waals surface area contributed by atoms with E-state index in [1.807, 2.05) is 0 Å². The highest BCUT2D eigenvalue weighted by molar-refractivity contribution is 5.86. The summed E-state index contributed by atoms with van der Waals surface area (Å²) in [5.74, 6) is -1.89. The predicted octanol–water partition coefficient (Wildman–Crippen LogP) is -1.32. The monoisotopic (exact) mass is 232 g/mol. The van der Waals surface area contributed by atoms with Gasteiger partial charge in [-0.2, -0.15) is 0 Å². The Kier molecular flexibility index (Phi) is 6.86. The van der Waals surface area contributed by atoms with Crippen LogP contribution in [0.3, 0.4) is 0 Å². The van der Waals surface area contributed by atoms with Gasteiger partial charge in [0.2, 0.25) is 11.8 Å². The van der Waals surface area contributed by atoms with Crippen molar-refractivity contribution in [2.24, 2.45) is 0 Å². The molecule has 0 atom stereocenters. The zero-order valence-electron chi connectivity index (χ0n) is 9.36. The van der Waals surface area contributed by atoms with Gasteiger partial charge in [0.25, 0.3) is 0 Å². The minimum atomic E-state index is -1.10. The van der Waals surface area contributed by atoms with Crippen molar-refractivity contribution in [2.45, 2.75) is 6.92 Å². The molecule has 0 aliphatic carbocycles. The first kappa shape index (κ1) is 14.4. The number of carboxylic acid groups (broad SMARTS) is 1. The Morgan fingerprint density at radius 3 is 2.44 bits per heavy atom. The van der Waals surface area contributed by atoms with Crippen LogP contribution in [-0.4, -0.2) is 61.1 Å². The van der Waals surface area contributed by atoms with E-state index < -0.39 is 18.4 Å². The molecule has 0 unspecified atom stereocenters. The van der Waals surface area contributed by atoms with Gasteiger partial charge in [0, 0.05) is 20.6 Å². The molecule has 0 aliphatic heterocycles. The summed E-state index contributed by atoms with van der Waals surface area (Å²) >= 11 is 0. The van der Waals surface area contributed by atoms with Crippen molar-refractivity contribution in [1.82, 2.24) is 10.2 Å². The van der Waals surface area contributed by atoms with Gasteiger partial charge in [0.05, 0.1) is 13.2 Å². The summed E-state index contributed by atoms with van der Waals surface area (Å²) in [6.45, 7) is 1.11. The molecule has 0 aliphatic rings. The fourth-order valence-corrected chi connectivity index (χ4v) is 0.969. The third-order valence-electron chi connectivity index (χ3n) is 1.73. The molecule has 92 valence electrons. The lowest BCUT2D eigenvalue weighted by molar-refractivity contribution is -0.144. The number of aliphatic carboxylic acids is 1. The zero-order chi connectivity index (χ0) is 12.6. The van der Waals surface area contributed by atoms with E-state index in [1.165, 1.54) is 14.0 Å². The van der Waals surface area contributed by atoms with Crippen LogP contribution in [-0.2, 0) is 19.1 Å². The third kappa shape index (κ3) is 6.77. The van der Waals surface area contributed by atoms with Crippen LogP contribution in [0, 0.1) is 0 Å². The molecular weight excluding hydrogens is 216 g/mol. The highest BCUT2D eigenvalue weighted by atomic mass is 16.5. The second-order valence-electron chi connectivity index (χ2n) is 3.11. The number of hydrogen-bond donors (Lipinski definition) is 2. The van der Waals surface area contributed by atoms with E-state index in [0.29, 0.717) is 0 Å². The summed E-state index contributed by atoms with van der Waals surface area (Å²) < 4.78 is 4.76. The Bertz CT molecular complexity index is 267. The fraction of sp³-hybridized carbons (Fsp3) is 0.667. The molecule has 0 bridgehead atoms. The molecule has 0 aromatic carbocycles. The first-order valence-electron chi connectivity index (χ1n) is 4.70. The van der Waals surface area contributed by atoms with Crippen molar-refractivity contribution >= 4 is 17.8 Å². The number of carbonyl (C=O) groups is 3. The van der Waals surface area contributed by atoms with Crippen molar-refractivity contribution in [2.75, 3.05) is 33.4 Å². The number of methoxy groups -OCH3 is 1. The minimum absolute atomic E-state index is 0.182. The number of carboxylic acids is 1. The van der Waals surface area contributed by atoms with Gasteiger partial charge in [-0.15, -0.1) is 0 Å². The van der Waals surface area contributed by atoms with Gasteiger partial charge in [0.1, 0.15) is 6.54 Å². The molecule has 0 rings (SSSR count). The molecule has 16 heavy (non-hydrogen) atoms. The molecule has 0 fully saturated rings. The Labute approximate surface area is 93.4 Å². The van der Waals surface area contributed by atoms with Gasteiger partial charge in [-0.1, -0.05) is 0 Å². The van der Waals surface area contributed by atoms with E-state index in [2.05, 4.69) is 5.32 Å². The highest BCUT2D eigenvalue weighted by Gasteiger charge is 2.16. The molecule has 0 heterocycles. The van der Waals surface area contributed by atoms with Crippen molar-refractivity contribution in [3.63, 3.8) is 0 Å². The van der Waals surface area contributed by atoms with Crippen molar-refractivity contribution < 1.29 is 24.2 Å². The molecule has 0 saturated heterocycles. The van der Waals surface area contributed by atoms with Crippen molar-refractivity contribution in [3.05, 3.63) is 0 Å². The predicted molar refractivity (Wildman–Crippen MR) is 54.8 cm³/mol. The van der Waals surface area contributed by atoms with Gasteiger partial charge in [0.15, 0.2) is 0 Å². The number of rotatable bonds is 7. The van der Waals surface area contributed by atoms with E-state index in [4.69, 9.17) is 9.84 Å². The zero-order valence-corrected chi connectivity index (χ0v) is 9.36. The van der Waals surface area contributed by atoms with E-state index in [-0.39, 0.29) is 25.6 Å². The average molecular weight is 232 g/mol. The number of nitrogens with zero attached hydrogens (tertiary/aromatic N) is 1. The first-order chi connectivity index (χ1) is 7.47. The van der Waals surface area contributed by atoms with E-state index in [1.54, 1.807) is 0 Å². The van der Waals surface area contributed by atoms with E-state index in [9.17, 15) is 14.4 Å². The number of amides is 2. The topological polar surface area (TPSA) is 95.9 Å². The Hall–Kier alpha value is -1.63. The SMILES string of the molecule is COCCN(CC(=O)O)C(=O)CNC(C)=O. The Balaban J connectivity index is 4.19. The second kappa shape index (κ2) is 7.63. The summed E-state index contributed by atoms with van der Waals surface area (Å²) in [6, 6.07) is 0. The number of hydrogen-bond acceptors (Lipinski definition) is 4. The van der Waals surface area contributed by atoms with Crippen LogP contribution in [0.1, 0.15) is 6.92 Å². The van der Waals surface area contributed by atoms with Crippen LogP contribution in [0.2, 0.25) is 0 Å². The number of carbonyl (C=O) groups excluding carboxylic acids is 2. The lowest BCUT2D eigenvalue weighted by Crippen LogP contribution is -2.43. The third-order valence-corrected chi connectivity index (χ3v) is 1.73. The average Bonchev–Trinajstić information content (AvgIpc) is 2.20. The van der Waals surface area contributed by atoms with E-state index >= 15 is 0 Å². The number of nitrogens with one attached hydrogen (secondary N) is 1. The van der Waals surface area contributed by atoms with Gasteiger partial charge in [-0.25, -0.2) is 0 Å². The van der Waals surface area contributed by atoms with Crippen LogP contribution in [0.15, 0.2) is 0 Å². The largest absolute Gasteiger partial charge is 0.480 e. The smallest absolute Gasteiger partial charge is 0.323 e.